The van der Waals surface area contributed by atoms with Gasteiger partial charge in [-0.3, -0.25) is 0 Å². The minimum atomic E-state index is 0.712. The van der Waals surface area contributed by atoms with E-state index in [1.54, 1.807) is 6.20 Å². The fourth-order valence-corrected chi connectivity index (χ4v) is 2.82. The Morgan fingerprint density at radius 1 is 1.26 bits per heavy atom. The number of nitrogens with zero attached hydrogens (tertiary/aromatic N) is 3. The molecule has 0 radical (unpaired) electrons. The highest BCUT2D eigenvalue weighted by atomic mass is 79.9. The number of aromatic nitrogens is 3. The first-order valence-electron chi connectivity index (χ1n) is 5.66. The van der Waals surface area contributed by atoms with Gasteiger partial charge in [0, 0.05) is 23.1 Å². The summed E-state index contributed by atoms with van der Waals surface area (Å²) in [6.07, 6.45) is 5.51. The number of anilines is 2. The number of aryl methyl sites for hydroxylation is 1. The van der Waals surface area contributed by atoms with Crippen LogP contribution >= 0.6 is 31.9 Å². The normalized spacial score (nSPS) is 10.9. The molecule has 0 aliphatic carbocycles. The second-order valence-corrected chi connectivity index (χ2v) is 5.85. The molecule has 1 aromatic carbocycles. The predicted molar refractivity (Wildman–Crippen MR) is 82.8 cm³/mol. The fourth-order valence-electron chi connectivity index (χ4n) is 1.83. The van der Waals surface area contributed by atoms with Gasteiger partial charge in [-0.25, -0.2) is 9.97 Å². The topological polar surface area (TPSA) is 42.2 Å². The molecule has 1 N–H and O–H groups in total. The highest BCUT2D eigenvalue weighted by Gasteiger charge is 2.08. The maximum absolute atomic E-state index is 4.43. The van der Waals surface area contributed by atoms with Gasteiger partial charge in [-0.1, -0.05) is 6.07 Å². The number of imidazole rings is 1. The third kappa shape index (κ3) is 2.50. The lowest BCUT2D eigenvalue weighted by Gasteiger charge is -2.10. The van der Waals surface area contributed by atoms with Gasteiger partial charge in [-0.15, -0.1) is 0 Å². The van der Waals surface area contributed by atoms with Crippen molar-refractivity contribution >= 4 is 49.0 Å². The average Bonchev–Trinajstić information content (AvgIpc) is 2.80. The zero-order chi connectivity index (χ0) is 13.4. The SMILES string of the molecule is Cc1ccc(Nc2nc(Br)cn3ccnc23)c(Br)c1. The first kappa shape index (κ1) is 12.6. The molecule has 0 saturated heterocycles. The molecule has 19 heavy (non-hydrogen) atoms. The zero-order valence-corrected chi connectivity index (χ0v) is 13.2. The van der Waals surface area contributed by atoms with Crippen LogP contribution in [0.5, 0.6) is 0 Å². The van der Waals surface area contributed by atoms with E-state index in [1.165, 1.54) is 5.56 Å². The second kappa shape index (κ2) is 4.94. The van der Waals surface area contributed by atoms with Crippen LogP contribution in [0.25, 0.3) is 5.65 Å². The molecular formula is C13H10Br2N4. The van der Waals surface area contributed by atoms with E-state index in [9.17, 15) is 0 Å². The lowest BCUT2D eigenvalue weighted by molar-refractivity contribution is 1.10. The zero-order valence-electron chi connectivity index (χ0n) is 10.1. The Balaban J connectivity index is 2.07. The number of hydrogen-bond donors (Lipinski definition) is 1. The van der Waals surface area contributed by atoms with Crippen molar-refractivity contribution in [2.24, 2.45) is 0 Å². The number of halogens is 2. The molecular weight excluding hydrogens is 372 g/mol. The summed E-state index contributed by atoms with van der Waals surface area (Å²) in [5, 5.41) is 3.30. The molecule has 0 atom stereocenters. The number of benzene rings is 1. The summed E-state index contributed by atoms with van der Waals surface area (Å²) in [5.74, 6) is 0.712. The molecule has 0 amide bonds. The van der Waals surface area contributed by atoms with E-state index in [2.05, 4.69) is 60.1 Å². The van der Waals surface area contributed by atoms with Crippen LogP contribution < -0.4 is 5.32 Å². The molecule has 0 spiro atoms. The van der Waals surface area contributed by atoms with Gasteiger partial charge in [0.05, 0.1) is 5.69 Å². The highest BCUT2D eigenvalue weighted by molar-refractivity contribution is 9.10. The van der Waals surface area contributed by atoms with Crippen molar-refractivity contribution in [3.8, 4) is 0 Å². The summed E-state index contributed by atoms with van der Waals surface area (Å²) >= 11 is 6.95. The third-order valence-electron chi connectivity index (χ3n) is 2.72. The van der Waals surface area contributed by atoms with Crippen molar-refractivity contribution in [2.45, 2.75) is 6.92 Å². The van der Waals surface area contributed by atoms with E-state index in [4.69, 9.17) is 0 Å². The Bertz CT molecular complexity index is 751. The number of fused-ring (bicyclic) bond motifs is 1. The van der Waals surface area contributed by atoms with E-state index >= 15 is 0 Å². The second-order valence-electron chi connectivity index (χ2n) is 4.18. The van der Waals surface area contributed by atoms with Gasteiger partial charge in [-0.05, 0) is 56.5 Å². The molecule has 0 unspecified atom stereocenters. The van der Waals surface area contributed by atoms with Crippen molar-refractivity contribution in [1.82, 2.24) is 14.4 Å². The molecule has 6 heteroatoms. The Morgan fingerprint density at radius 3 is 2.89 bits per heavy atom. The molecule has 0 bridgehead atoms. The van der Waals surface area contributed by atoms with Crippen LogP contribution in [-0.4, -0.2) is 14.4 Å². The number of nitrogens with one attached hydrogen (secondary N) is 1. The van der Waals surface area contributed by atoms with Gasteiger partial charge in [0.15, 0.2) is 11.5 Å². The number of hydrogen-bond acceptors (Lipinski definition) is 3. The molecule has 0 fully saturated rings. The first-order valence-corrected chi connectivity index (χ1v) is 7.24. The minimum Gasteiger partial charge on any atom is -0.336 e. The maximum atomic E-state index is 4.43. The number of rotatable bonds is 2. The monoisotopic (exact) mass is 380 g/mol. The van der Waals surface area contributed by atoms with Gasteiger partial charge < -0.3 is 9.72 Å². The van der Waals surface area contributed by atoms with Crippen molar-refractivity contribution in [1.29, 1.82) is 0 Å². The van der Waals surface area contributed by atoms with Gasteiger partial charge in [0.1, 0.15) is 4.60 Å². The van der Waals surface area contributed by atoms with Crippen molar-refractivity contribution in [3.63, 3.8) is 0 Å². The Kier molecular flexibility index (Phi) is 3.28. The van der Waals surface area contributed by atoms with Crippen LogP contribution in [0.2, 0.25) is 0 Å². The van der Waals surface area contributed by atoms with E-state index in [1.807, 2.05) is 28.9 Å². The van der Waals surface area contributed by atoms with Crippen LogP contribution in [0.4, 0.5) is 11.5 Å². The summed E-state index contributed by atoms with van der Waals surface area (Å²) < 4.78 is 3.67. The highest BCUT2D eigenvalue weighted by Crippen LogP contribution is 2.28. The lowest BCUT2D eigenvalue weighted by Crippen LogP contribution is -1.99. The largest absolute Gasteiger partial charge is 0.336 e. The van der Waals surface area contributed by atoms with Crippen LogP contribution in [0.3, 0.4) is 0 Å². The van der Waals surface area contributed by atoms with E-state index < -0.39 is 0 Å². The molecule has 2 aromatic heterocycles. The Hall–Kier alpha value is -1.40. The van der Waals surface area contributed by atoms with Crippen LogP contribution in [0.15, 0.2) is 45.9 Å². The standard InChI is InChI=1S/C13H10Br2N4/c1-8-2-3-10(9(14)6-8)17-12-13-16-4-5-19(13)7-11(15)18-12/h2-7H,1H3,(H,17,18). The smallest absolute Gasteiger partial charge is 0.180 e. The lowest BCUT2D eigenvalue weighted by atomic mass is 10.2. The quantitative estimate of drug-likeness (QED) is 0.719. The Labute approximate surface area is 127 Å². The average molecular weight is 382 g/mol. The van der Waals surface area contributed by atoms with Gasteiger partial charge in [0.2, 0.25) is 0 Å². The summed E-state index contributed by atoms with van der Waals surface area (Å²) in [7, 11) is 0. The van der Waals surface area contributed by atoms with Crippen molar-refractivity contribution < 1.29 is 0 Å². The fraction of sp³-hybridized carbons (Fsp3) is 0.0769. The van der Waals surface area contributed by atoms with Gasteiger partial charge >= 0.3 is 0 Å². The molecule has 3 aromatic rings. The first-order chi connectivity index (χ1) is 9.13. The van der Waals surface area contributed by atoms with Crippen molar-refractivity contribution in [2.75, 3.05) is 5.32 Å². The summed E-state index contributed by atoms with van der Waals surface area (Å²) in [4.78, 5) is 8.74. The molecule has 0 saturated carbocycles. The summed E-state index contributed by atoms with van der Waals surface area (Å²) in [6, 6.07) is 6.12. The Morgan fingerprint density at radius 2 is 2.11 bits per heavy atom. The molecule has 3 rings (SSSR count). The van der Waals surface area contributed by atoms with Gasteiger partial charge in [0.25, 0.3) is 0 Å². The predicted octanol–water partition coefficient (Wildman–Crippen LogP) is 4.31. The molecule has 2 heterocycles. The van der Waals surface area contributed by atoms with Crippen LogP contribution in [-0.2, 0) is 0 Å². The van der Waals surface area contributed by atoms with Crippen LogP contribution in [0.1, 0.15) is 5.56 Å². The summed E-state index contributed by atoms with van der Waals surface area (Å²) in [6.45, 7) is 2.05. The minimum absolute atomic E-state index is 0.712. The van der Waals surface area contributed by atoms with Crippen molar-refractivity contribution in [3.05, 3.63) is 51.4 Å². The third-order valence-corrected chi connectivity index (χ3v) is 3.76. The molecule has 0 aliphatic heterocycles. The summed E-state index contributed by atoms with van der Waals surface area (Å²) in [5.41, 5.74) is 2.95. The maximum Gasteiger partial charge on any atom is 0.180 e. The van der Waals surface area contributed by atoms with Crippen LogP contribution in [0, 0.1) is 6.92 Å². The van der Waals surface area contributed by atoms with Gasteiger partial charge in [-0.2, -0.15) is 0 Å². The van der Waals surface area contributed by atoms with E-state index in [0.29, 0.717) is 5.82 Å². The van der Waals surface area contributed by atoms with E-state index in [0.717, 1.165) is 20.4 Å². The molecule has 96 valence electrons. The molecule has 4 nitrogen and oxygen atoms in total. The molecule has 0 aliphatic rings. The van der Waals surface area contributed by atoms with E-state index in [-0.39, 0.29) is 0 Å².